The first-order chi connectivity index (χ1) is 8.55. The summed E-state index contributed by atoms with van der Waals surface area (Å²) in [6, 6.07) is 5.00. The Morgan fingerprint density at radius 3 is 2.39 bits per heavy atom. The monoisotopic (exact) mass is 258 g/mol. The molecule has 0 spiro atoms. The van der Waals surface area contributed by atoms with Gasteiger partial charge in [0.15, 0.2) is 0 Å². The van der Waals surface area contributed by atoms with Crippen LogP contribution < -0.4 is 0 Å². The molecule has 1 unspecified atom stereocenters. The zero-order chi connectivity index (χ0) is 13.0. The van der Waals surface area contributed by atoms with E-state index in [1.807, 2.05) is 0 Å². The van der Waals surface area contributed by atoms with E-state index < -0.39 is 11.7 Å². The second-order valence-electron chi connectivity index (χ2n) is 3.96. The van der Waals surface area contributed by atoms with Gasteiger partial charge in [-0.05, 0) is 17.7 Å². The lowest BCUT2D eigenvalue weighted by Crippen LogP contribution is -2.26. The number of benzene rings is 1. The molecule has 0 radical (unpaired) electrons. The van der Waals surface area contributed by atoms with Crippen molar-refractivity contribution in [2.45, 2.75) is 12.3 Å². The van der Waals surface area contributed by atoms with Gasteiger partial charge in [0.2, 0.25) is 0 Å². The summed E-state index contributed by atoms with van der Waals surface area (Å²) in [6.45, 7) is 1.61. The molecule has 18 heavy (non-hydrogen) atoms. The van der Waals surface area contributed by atoms with Crippen LogP contribution in [0.15, 0.2) is 30.3 Å². The van der Waals surface area contributed by atoms with Crippen molar-refractivity contribution in [1.29, 1.82) is 0 Å². The maximum Gasteiger partial charge on any atom is 0.416 e. The molecule has 0 N–H and O–H groups in total. The highest BCUT2D eigenvalue weighted by molar-refractivity contribution is 5.50. The Morgan fingerprint density at radius 2 is 1.83 bits per heavy atom. The zero-order valence-electron chi connectivity index (χ0n) is 9.61. The van der Waals surface area contributed by atoms with Gasteiger partial charge in [-0.15, -0.1) is 0 Å². The number of ether oxygens (including phenoxy) is 2. The fourth-order valence-electron chi connectivity index (χ4n) is 1.62. The molecule has 98 valence electrons. The van der Waals surface area contributed by atoms with Gasteiger partial charge in [0.1, 0.15) is 0 Å². The molecule has 5 heteroatoms. The maximum atomic E-state index is 12.3. The van der Waals surface area contributed by atoms with Gasteiger partial charge in [-0.2, -0.15) is 13.2 Å². The fraction of sp³-hybridized carbons (Fsp3) is 0.385. The van der Waals surface area contributed by atoms with E-state index in [1.165, 1.54) is 12.1 Å². The molecule has 1 fully saturated rings. The van der Waals surface area contributed by atoms with E-state index in [-0.39, 0.29) is 6.10 Å². The van der Waals surface area contributed by atoms with Crippen LogP contribution in [0.5, 0.6) is 0 Å². The molecule has 1 aromatic carbocycles. The third kappa shape index (κ3) is 3.58. The van der Waals surface area contributed by atoms with Gasteiger partial charge in [-0.3, -0.25) is 0 Å². The Morgan fingerprint density at radius 1 is 1.11 bits per heavy atom. The third-order valence-electron chi connectivity index (χ3n) is 2.58. The van der Waals surface area contributed by atoms with Crippen LogP contribution >= 0.6 is 0 Å². The minimum atomic E-state index is -4.29. The van der Waals surface area contributed by atoms with Crippen molar-refractivity contribution in [2.24, 2.45) is 0 Å². The lowest BCUT2D eigenvalue weighted by Gasteiger charge is -2.19. The van der Waals surface area contributed by atoms with Crippen molar-refractivity contribution in [3.63, 3.8) is 0 Å². The van der Waals surface area contributed by atoms with Crippen LogP contribution in [0, 0.1) is 0 Å². The Kier molecular flexibility index (Phi) is 4.04. The molecule has 2 rings (SSSR count). The molecular weight excluding hydrogens is 245 g/mol. The van der Waals surface area contributed by atoms with E-state index in [9.17, 15) is 13.2 Å². The first-order valence-electron chi connectivity index (χ1n) is 5.60. The molecule has 2 nitrogen and oxygen atoms in total. The molecule has 1 aliphatic rings. The highest BCUT2D eigenvalue weighted by Crippen LogP contribution is 2.29. The molecule has 1 atom stereocenters. The van der Waals surface area contributed by atoms with Gasteiger partial charge in [0.25, 0.3) is 0 Å². The van der Waals surface area contributed by atoms with Crippen LogP contribution in [-0.4, -0.2) is 25.9 Å². The van der Waals surface area contributed by atoms with Gasteiger partial charge >= 0.3 is 6.18 Å². The molecule has 0 amide bonds. The van der Waals surface area contributed by atoms with Gasteiger partial charge in [-0.1, -0.05) is 24.3 Å². The lowest BCUT2D eigenvalue weighted by molar-refractivity contribution is -0.137. The Bertz CT molecular complexity index is 403. The number of halogens is 3. The molecule has 0 aromatic heterocycles. The predicted octanol–water partition coefficient (Wildman–Crippen LogP) is 3.13. The highest BCUT2D eigenvalue weighted by Gasteiger charge is 2.29. The molecule has 1 aliphatic heterocycles. The van der Waals surface area contributed by atoms with Crippen molar-refractivity contribution in [2.75, 3.05) is 19.8 Å². The molecule has 0 bridgehead atoms. The summed E-state index contributed by atoms with van der Waals surface area (Å²) in [6.07, 6.45) is -0.884. The molecule has 1 aromatic rings. The standard InChI is InChI=1S/C13H13F3O2/c14-13(15,16)11-4-1-10(2-5-11)3-6-12-9-17-7-8-18-12/h1-6,12H,7-9H2/b6-3+. The van der Waals surface area contributed by atoms with Crippen LogP contribution in [0.2, 0.25) is 0 Å². The summed E-state index contributed by atoms with van der Waals surface area (Å²) in [5, 5.41) is 0. The van der Waals surface area contributed by atoms with Gasteiger partial charge in [0, 0.05) is 0 Å². The third-order valence-corrected chi connectivity index (χ3v) is 2.58. The summed E-state index contributed by atoms with van der Waals surface area (Å²) in [4.78, 5) is 0. The molecular formula is C13H13F3O2. The van der Waals surface area contributed by atoms with E-state index in [4.69, 9.17) is 9.47 Å². The maximum absolute atomic E-state index is 12.3. The number of alkyl halides is 3. The number of rotatable bonds is 2. The summed E-state index contributed by atoms with van der Waals surface area (Å²) in [5.74, 6) is 0. The zero-order valence-corrected chi connectivity index (χ0v) is 9.61. The Labute approximate surface area is 103 Å². The van der Waals surface area contributed by atoms with Crippen molar-refractivity contribution in [3.8, 4) is 0 Å². The molecule has 0 saturated carbocycles. The van der Waals surface area contributed by atoms with E-state index in [1.54, 1.807) is 12.2 Å². The van der Waals surface area contributed by atoms with Gasteiger partial charge in [0.05, 0.1) is 31.5 Å². The van der Waals surface area contributed by atoms with Gasteiger partial charge in [-0.25, -0.2) is 0 Å². The SMILES string of the molecule is FC(F)(F)c1ccc(/C=C/C2COCCO2)cc1. The molecule has 0 aliphatic carbocycles. The van der Waals surface area contributed by atoms with Gasteiger partial charge < -0.3 is 9.47 Å². The fourth-order valence-corrected chi connectivity index (χ4v) is 1.62. The van der Waals surface area contributed by atoms with Crippen molar-refractivity contribution in [1.82, 2.24) is 0 Å². The Hall–Kier alpha value is -1.33. The van der Waals surface area contributed by atoms with Crippen molar-refractivity contribution in [3.05, 3.63) is 41.5 Å². The average Bonchev–Trinajstić information content (AvgIpc) is 2.37. The predicted molar refractivity (Wildman–Crippen MR) is 61.0 cm³/mol. The molecule has 1 saturated heterocycles. The average molecular weight is 258 g/mol. The van der Waals surface area contributed by atoms with Crippen molar-refractivity contribution >= 4 is 6.08 Å². The van der Waals surface area contributed by atoms with Crippen LogP contribution in [-0.2, 0) is 15.7 Å². The quantitative estimate of drug-likeness (QED) is 0.811. The first-order valence-corrected chi connectivity index (χ1v) is 5.60. The van der Waals surface area contributed by atoms with Crippen LogP contribution in [0.1, 0.15) is 11.1 Å². The molecule has 1 heterocycles. The van der Waals surface area contributed by atoms with Crippen LogP contribution in [0.25, 0.3) is 6.08 Å². The minimum Gasteiger partial charge on any atom is -0.376 e. The van der Waals surface area contributed by atoms with Crippen LogP contribution in [0.4, 0.5) is 13.2 Å². The summed E-state index contributed by atoms with van der Waals surface area (Å²) < 4.78 is 47.6. The smallest absolute Gasteiger partial charge is 0.376 e. The van der Waals surface area contributed by atoms with E-state index in [0.29, 0.717) is 25.4 Å². The second kappa shape index (κ2) is 5.54. The summed E-state index contributed by atoms with van der Waals surface area (Å²) in [5.41, 5.74) is 0.0640. The van der Waals surface area contributed by atoms with Crippen LogP contribution in [0.3, 0.4) is 0 Å². The normalized spacial score (nSPS) is 21.4. The van der Waals surface area contributed by atoms with E-state index in [2.05, 4.69) is 0 Å². The number of hydrogen-bond donors (Lipinski definition) is 0. The number of hydrogen-bond acceptors (Lipinski definition) is 2. The van der Waals surface area contributed by atoms with E-state index in [0.717, 1.165) is 12.1 Å². The second-order valence-corrected chi connectivity index (χ2v) is 3.96. The summed E-state index contributed by atoms with van der Waals surface area (Å²) in [7, 11) is 0. The van der Waals surface area contributed by atoms with E-state index >= 15 is 0 Å². The minimum absolute atomic E-state index is 0.124. The summed E-state index contributed by atoms with van der Waals surface area (Å²) >= 11 is 0. The van der Waals surface area contributed by atoms with Crippen molar-refractivity contribution < 1.29 is 22.6 Å². The highest BCUT2D eigenvalue weighted by atomic mass is 19.4. The lowest BCUT2D eigenvalue weighted by atomic mass is 10.1. The first kappa shape index (κ1) is 13.1. The Balaban J connectivity index is 1.99. The topological polar surface area (TPSA) is 18.5 Å². The largest absolute Gasteiger partial charge is 0.416 e.